The smallest absolute Gasteiger partial charge is 0.260 e. The van der Waals surface area contributed by atoms with Crippen molar-refractivity contribution < 1.29 is 9.53 Å². The molecule has 1 amide bonds. The van der Waals surface area contributed by atoms with Crippen molar-refractivity contribution in [3.05, 3.63) is 105 Å². The zero-order valence-electron chi connectivity index (χ0n) is 18.9. The van der Waals surface area contributed by atoms with E-state index >= 15 is 0 Å². The Morgan fingerprint density at radius 2 is 1.86 bits per heavy atom. The first kappa shape index (κ1) is 21.4. The van der Waals surface area contributed by atoms with Gasteiger partial charge in [0.25, 0.3) is 5.56 Å². The van der Waals surface area contributed by atoms with Crippen LogP contribution in [0.15, 0.2) is 77.6 Å². The number of carbonyl (C=O) groups is 1. The number of rotatable bonds is 4. The summed E-state index contributed by atoms with van der Waals surface area (Å²) < 4.78 is 9.31. The number of nitrogens with zero attached hydrogens (tertiary/aromatic N) is 3. The molecule has 1 aliphatic heterocycles. The number of carbonyl (C=O) groups excluding carboxylic acids is 1. The summed E-state index contributed by atoms with van der Waals surface area (Å²) >= 11 is 6.05. The van der Waals surface area contributed by atoms with Crippen molar-refractivity contribution in [2.24, 2.45) is 7.05 Å². The summed E-state index contributed by atoms with van der Waals surface area (Å²) in [5.74, 6) is 1.14. The molecule has 8 heteroatoms. The lowest BCUT2D eigenvalue weighted by atomic mass is 9.86. The van der Waals surface area contributed by atoms with Crippen LogP contribution in [0.1, 0.15) is 29.0 Å². The fourth-order valence-corrected chi connectivity index (χ4v) is 4.95. The molecule has 0 spiro atoms. The van der Waals surface area contributed by atoms with Crippen molar-refractivity contribution in [3.63, 3.8) is 0 Å². The van der Waals surface area contributed by atoms with Crippen LogP contribution >= 0.6 is 11.6 Å². The number of amides is 1. The van der Waals surface area contributed by atoms with Crippen LogP contribution in [-0.4, -0.2) is 19.9 Å². The fourth-order valence-electron chi connectivity index (χ4n) is 4.73. The number of halogens is 1. The van der Waals surface area contributed by atoms with Crippen molar-refractivity contribution in [1.29, 1.82) is 0 Å². The second kappa shape index (κ2) is 8.29. The normalized spacial score (nSPS) is 15.3. The molecule has 0 saturated heterocycles. The number of aryl methyl sites for hydroxylation is 1. The van der Waals surface area contributed by atoms with Gasteiger partial charge in [0.05, 0.1) is 16.6 Å². The standard InChI is InChI=1S/C27H21ClN4O3/c1-31-26(34)24-20(17-9-11-19(12-10-17)35-15-16-5-4-6-18(28)13-16)14-23(33)30-25(24)32-22-8-3-2-7-21(22)29-27(31)32/h2-13,20H,14-15H2,1H3,(H,30,33)/t20-/m1/s1. The molecule has 1 N–H and O–H groups in total. The Morgan fingerprint density at radius 1 is 1.06 bits per heavy atom. The Kier molecular flexibility index (Phi) is 5.07. The number of imidazole rings is 1. The van der Waals surface area contributed by atoms with E-state index in [-0.39, 0.29) is 23.8 Å². The number of aromatic nitrogens is 3. The zero-order chi connectivity index (χ0) is 24.1. The van der Waals surface area contributed by atoms with E-state index in [2.05, 4.69) is 10.3 Å². The van der Waals surface area contributed by atoms with E-state index in [1.165, 1.54) is 0 Å². The first-order valence-electron chi connectivity index (χ1n) is 11.3. The van der Waals surface area contributed by atoms with Crippen LogP contribution in [0.4, 0.5) is 5.82 Å². The number of anilines is 1. The number of fused-ring (bicyclic) bond motifs is 5. The third-order valence-corrected chi connectivity index (χ3v) is 6.66. The Labute approximate surface area is 205 Å². The number of nitrogens with one attached hydrogen (secondary N) is 1. The first-order chi connectivity index (χ1) is 17.0. The molecule has 7 nitrogen and oxygen atoms in total. The van der Waals surface area contributed by atoms with Crippen LogP contribution in [0, 0.1) is 0 Å². The molecular formula is C27H21ClN4O3. The molecule has 174 valence electrons. The van der Waals surface area contributed by atoms with Gasteiger partial charge in [-0.25, -0.2) is 4.98 Å². The molecule has 5 aromatic rings. The maximum atomic E-state index is 13.5. The van der Waals surface area contributed by atoms with Crippen LogP contribution < -0.4 is 15.6 Å². The molecule has 1 aliphatic rings. The van der Waals surface area contributed by atoms with Gasteiger partial charge in [0.1, 0.15) is 18.2 Å². The molecule has 3 aromatic carbocycles. The van der Waals surface area contributed by atoms with E-state index in [4.69, 9.17) is 16.3 Å². The van der Waals surface area contributed by atoms with E-state index in [1.807, 2.05) is 77.2 Å². The van der Waals surface area contributed by atoms with Gasteiger partial charge in [-0.2, -0.15) is 0 Å². The SMILES string of the molecule is Cn1c(=O)c2c(n3c4ccccc4nc13)NC(=O)C[C@@H]2c1ccc(OCc2cccc(Cl)c2)cc1. The highest BCUT2D eigenvalue weighted by Gasteiger charge is 2.33. The average molecular weight is 485 g/mol. The highest BCUT2D eigenvalue weighted by Crippen LogP contribution is 2.37. The largest absolute Gasteiger partial charge is 0.489 e. The van der Waals surface area contributed by atoms with E-state index in [9.17, 15) is 9.59 Å². The number of hydrogen-bond donors (Lipinski definition) is 1. The fraction of sp³-hybridized carbons (Fsp3) is 0.148. The topological polar surface area (TPSA) is 77.6 Å². The summed E-state index contributed by atoms with van der Waals surface area (Å²) in [4.78, 5) is 30.9. The highest BCUT2D eigenvalue weighted by molar-refractivity contribution is 6.30. The summed E-state index contributed by atoms with van der Waals surface area (Å²) in [7, 11) is 1.71. The summed E-state index contributed by atoms with van der Waals surface area (Å²) in [5.41, 5.74) is 3.81. The summed E-state index contributed by atoms with van der Waals surface area (Å²) in [6.45, 7) is 0.390. The Morgan fingerprint density at radius 3 is 2.66 bits per heavy atom. The van der Waals surface area contributed by atoms with E-state index in [0.717, 1.165) is 22.2 Å². The van der Waals surface area contributed by atoms with E-state index in [1.54, 1.807) is 11.6 Å². The van der Waals surface area contributed by atoms with Gasteiger partial charge in [-0.1, -0.05) is 48.0 Å². The summed E-state index contributed by atoms with van der Waals surface area (Å²) in [6.07, 6.45) is 0.184. The third kappa shape index (κ3) is 3.65. The predicted molar refractivity (Wildman–Crippen MR) is 135 cm³/mol. The maximum absolute atomic E-state index is 13.5. The van der Waals surface area contributed by atoms with Gasteiger partial charge in [0, 0.05) is 24.4 Å². The van der Waals surface area contributed by atoms with Crippen LogP contribution in [-0.2, 0) is 18.4 Å². The van der Waals surface area contributed by atoms with Crippen molar-refractivity contribution in [1.82, 2.24) is 14.0 Å². The lowest BCUT2D eigenvalue weighted by Gasteiger charge is -2.27. The molecule has 0 aliphatic carbocycles. The lowest BCUT2D eigenvalue weighted by Crippen LogP contribution is -2.35. The molecule has 2 aromatic heterocycles. The summed E-state index contributed by atoms with van der Waals surface area (Å²) in [5, 5.41) is 3.60. The average Bonchev–Trinajstić information content (AvgIpc) is 3.26. The molecule has 3 heterocycles. The predicted octanol–water partition coefficient (Wildman–Crippen LogP) is 4.89. The molecule has 0 unspecified atom stereocenters. The van der Waals surface area contributed by atoms with Crippen LogP contribution in [0.2, 0.25) is 5.02 Å². The van der Waals surface area contributed by atoms with Gasteiger partial charge in [-0.3, -0.25) is 18.6 Å². The number of ether oxygens (including phenoxy) is 1. The van der Waals surface area contributed by atoms with E-state index in [0.29, 0.717) is 34.5 Å². The Bertz CT molecular complexity index is 1670. The third-order valence-electron chi connectivity index (χ3n) is 6.43. The summed E-state index contributed by atoms with van der Waals surface area (Å²) in [6, 6.07) is 22.7. The van der Waals surface area contributed by atoms with Crippen LogP contribution in [0.5, 0.6) is 5.75 Å². The minimum Gasteiger partial charge on any atom is -0.489 e. The zero-order valence-corrected chi connectivity index (χ0v) is 19.6. The molecule has 0 fully saturated rings. The number of benzene rings is 3. The van der Waals surface area contributed by atoms with Gasteiger partial charge < -0.3 is 10.1 Å². The molecule has 0 bridgehead atoms. The molecular weight excluding hydrogens is 464 g/mol. The Hall–Kier alpha value is -4.10. The lowest BCUT2D eigenvalue weighted by molar-refractivity contribution is -0.116. The molecule has 0 radical (unpaired) electrons. The second-order valence-electron chi connectivity index (χ2n) is 8.65. The van der Waals surface area contributed by atoms with Gasteiger partial charge in [0.15, 0.2) is 0 Å². The van der Waals surface area contributed by atoms with Crippen LogP contribution in [0.25, 0.3) is 16.8 Å². The molecule has 1 atom stereocenters. The van der Waals surface area contributed by atoms with Crippen molar-refractivity contribution >= 4 is 40.1 Å². The maximum Gasteiger partial charge on any atom is 0.260 e. The molecule has 0 saturated carbocycles. The first-order valence-corrected chi connectivity index (χ1v) is 11.6. The minimum atomic E-state index is -0.384. The minimum absolute atomic E-state index is 0.142. The molecule has 6 rings (SSSR count). The Balaban J connectivity index is 1.40. The van der Waals surface area contributed by atoms with Crippen molar-refractivity contribution in [3.8, 4) is 5.75 Å². The monoisotopic (exact) mass is 484 g/mol. The number of para-hydroxylation sites is 2. The van der Waals surface area contributed by atoms with Crippen LogP contribution in [0.3, 0.4) is 0 Å². The van der Waals surface area contributed by atoms with Gasteiger partial charge in [-0.15, -0.1) is 0 Å². The van der Waals surface area contributed by atoms with Gasteiger partial charge in [0.2, 0.25) is 11.7 Å². The molecule has 35 heavy (non-hydrogen) atoms. The quantitative estimate of drug-likeness (QED) is 0.394. The van der Waals surface area contributed by atoms with Crippen molar-refractivity contribution in [2.45, 2.75) is 18.9 Å². The van der Waals surface area contributed by atoms with Gasteiger partial charge >= 0.3 is 0 Å². The van der Waals surface area contributed by atoms with E-state index < -0.39 is 0 Å². The highest BCUT2D eigenvalue weighted by atomic mass is 35.5. The number of hydrogen-bond acceptors (Lipinski definition) is 4. The second-order valence-corrected chi connectivity index (χ2v) is 9.09. The van der Waals surface area contributed by atoms with Crippen molar-refractivity contribution in [2.75, 3.05) is 5.32 Å². The van der Waals surface area contributed by atoms with Gasteiger partial charge in [-0.05, 0) is 47.5 Å².